The van der Waals surface area contributed by atoms with Gasteiger partial charge < -0.3 is 5.73 Å². The average molecular weight is 239 g/mol. The first-order chi connectivity index (χ1) is 8.16. The van der Waals surface area contributed by atoms with Gasteiger partial charge in [-0.15, -0.1) is 0 Å². The van der Waals surface area contributed by atoms with Crippen molar-refractivity contribution in [1.29, 1.82) is 0 Å². The molecular formula is C14H19F2N. The molecule has 1 nitrogen and oxygen atoms in total. The van der Waals surface area contributed by atoms with E-state index in [1.807, 2.05) is 0 Å². The molecule has 1 aromatic carbocycles. The molecule has 0 spiro atoms. The number of halogens is 2. The SMILES string of the molecule is NC(CCC1CCCC1)c1cc(F)ccc1F. The summed E-state index contributed by atoms with van der Waals surface area (Å²) in [6.45, 7) is 0. The molecule has 1 unspecified atom stereocenters. The van der Waals surface area contributed by atoms with Gasteiger partial charge in [0.25, 0.3) is 0 Å². The first-order valence-electron chi connectivity index (χ1n) is 6.37. The molecule has 0 aliphatic heterocycles. The summed E-state index contributed by atoms with van der Waals surface area (Å²) in [6, 6.07) is 3.11. The Morgan fingerprint density at radius 2 is 1.94 bits per heavy atom. The number of hydrogen-bond donors (Lipinski definition) is 1. The fourth-order valence-corrected chi connectivity index (χ4v) is 2.67. The van der Waals surface area contributed by atoms with E-state index in [0.29, 0.717) is 5.56 Å². The fourth-order valence-electron chi connectivity index (χ4n) is 2.67. The maximum atomic E-state index is 13.5. The van der Waals surface area contributed by atoms with E-state index in [-0.39, 0.29) is 6.04 Å². The van der Waals surface area contributed by atoms with Gasteiger partial charge in [0.05, 0.1) is 0 Å². The molecule has 0 saturated heterocycles. The van der Waals surface area contributed by atoms with Gasteiger partial charge >= 0.3 is 0 Å². The summed E-state index contributed by atoms with van der Waals surface area (Å²) in [5.41, 5.74) is 6.24. The molecule has 17 heavy (non-hydrogen) atoms. The predicted octanol–water partition coefficient (Wildman–Crippen LogP) is 3.94. The average Bonchev–Trinajstić information content (AvgIpc) is 2.82. The molecule has 1 saturated carbocycles. The lowest BCUT2D eigenvalue weighted by Crippen LogP contribution is -2.13. The second-order valence-corrected chi connectivity index (χ2v) is 5.00. The lowest BCUT2D eigenvalue weighted by molar-refractivity contribution is 0.445. The van der Waals surface area contributed by atoms with Crippen molar-refractivity contribution in [2.75, 3.05) is 0 Å². The van der Waals surface area contributed by atoms with Crippen molar-refractivity contribution < 1.29 is 8.78 Å². The van der Waals surface area contributed by atoms with Crippen LogP contribution in [-0.2, 0) is 0 Å². The van der Waals surface area contributed by atoms with Crippen molar-refractivity contribution >= 4 is 0 Å². The monoisotopic (exact) mass is 239 g/mol. The lowest BCUT2D eigenvalue weighted by atomic mass is 9.95. The molecule has 1 atom stereocenters. The minimum atomic E-state index is -0.419. The smallest absolute Gasteiger partial charge is 0.128 e. The van der Waals surface area contributed by atoms with E-state index in [4.69, 9.17) is 5.73 Å². The van der Waals surface area contributed by atoms with Crippen LogP contribution in [0.2, 0.25) is 0 Å². The van der Waals surface area contributed by atoms with Gasteiger partial charge in [0.15, 0.2) is 0 Å². The van der Waals surface area contributed by atoms with Gasteiger partial charge in [-0.1, -0.05) is 25.7 Å². The molecule has 0 aromatic heterocycles. The van der Waals surface area contributed by atoms with E-state index in [0.717, 1.165) is 30.9 Å². The summed E-state index contributed by atoms with van der Waals surface area (Å²) in [7, 11) is 0. The maximum Gasteiger partial charge on any atom is 0.128 e. The van der Waals surface area contributed by atoms with Crippen molar-refractivity contribution in [1.82, 2.24) is 0 Å². The van der Waals surface area contributed by atoms with Crippen LogP contribution >= 0.6 is 0 Å². The van der Waals surface area contributed by atoms with Crippen molar-refractivity contribution in [2.45, 2.75) is 44.6 Å². The maximum absolute atomic E-state index is 13.5. The van der Waals surface area contributed by atoms with E-state index in [9.17, 15) is 8.78 Å². The zero-order valence-corrected chi connectivity index (χ0v) is 9.96. The third-order valence-electron chi connectivity index (χ3n) is 3.72. The minimum Gasteiger partial charge on any atom is -0.324 e. The first-order valence-corrected chi connectivity index (χ1v) is 6.37. The first kappa shape index (κ1) is 12.5. The van der Waals surface area contributed by atoms with Crippen LogP contribution in [0.5, 0.6) is 0 Å². The van der Waals surface area contributed by atoms with Gasteiger partial charge in [0.2, 0.25) is 0 Å². The topological polar surface area (TPSA) is 26.0 Å². The van der Waals surface area contributed by atoms with Crippen molar-refractivity contribution in [3.8, 4) is 0 Å². The third-order valence-corrected chi connectivity index (χ3v) is 3.72. The minimum absolute atomic E-state index is 0.308. The molecule has 2 rings (SSSR count). The molecule has 1 fully saturated rings. The number of benzene rings is 1. The van der Waals surface area contributed by atoms with Gasteiger partial charge in [0.1, 0.15) is 11.6 Å². The Balaban J connectivity index is 1.93. The predicted molar refractivity (Wildman–Crippen MR) is 64.5 cm³/mol. The van der Waals surface area contributed by atoms with E-state index in [1.165, 1.54) is 31.7 Å². The van der Waals surface area contributed by atoms with Gasteiger partial charge in [-0.3, -0.25) is 0 Å². The normalized spacial score (nSPS) is 18.5. The van der Waals surface area contributed by atoms with Crippen LogP contribution in [0.3, 0.4) is 0 Å². The van der Waals surface area contributed by atoms with E-state index in [2.05, 4.69) is 0 Å². The quantitative estimate of drug-likeness (QED) is 0.846. The second kappa shape index (κ2) is 5.58. The number of hydrogen-bond acceptors (Lipinski definition) is 1. The summed E-state index contributed by atoms with van der Waals surface area (Å²) < 4.78 is 26.5. The number of nitrogens with two attached hydrogens (primary N) is 1. The van der Waals surface area contributed by atoms with Gasteiger partial charge in [0, 0.05) is 11.6 Å². The molecule has 1 aliphatic carbocycles. The summed E-state index contributed by atoms with van der Waals surface area (Å²) in [6.07, 6.45) is 6.89. The van der Waals surface area contributed by atoms with Crippen LogP contribution in [0.1, 0.15) is 50.1 Å². The standard InChI is InChI=1S/C14H19F2N/c15-11-6-7-13(16)12(9-11)14(17)8-5-10-3-1-2-4-10/h6-7,9-10,14H,1-5,8,17H2. The molecule has 3 heteroatoms. The van der Waals surface area contributed by atoms with Gasteiger partial charge in [-0.2, -0.15) is 0 Å². The molecule has 0 heterocycles. The highest BCUT2D eigenvalue weighted by Gasteiger charge is 2.18. The fraction of sp³-hybridized carbons (Fsp3) is 0.571. The summed E-state index contributed by atoms with van der Waals surface area (Å²) in [4.78, 5) is 0. The highest BCUT2D eigenvalue weighted by molar-refractivity contribution is 5.21. The van der Waals surface area contributed by atoms with Crippen LogP contribution in [0.15, 0.2) is 18.2 Å². The molecule has 0 radical (unpaired) electrons. The zero-order chi connectivity index (χ0) is 12.3. The van der Waals surface area contributed by atoms with E-state index >= 15 is 0 Å². The Labute approximate surface area is 101 Å². The van der Waals surface area contributed by atoms with Crippen LogP contribution in [0.4, 0.5) is 8.78 Å². The Morgan fingerprint density at radius 1 is 1.24 bits per heavy atom. The Hall–Kier alpha value is -0.960. The summed E-state index contributed by atoms with van der Waals surface area (Å²) in [5.74, 6) is -0.0827. The molecular weight excluding hydrogens is 220 g/mol. The van der Waals surface area contributed by atoms with Crippen LogP contribution < -0.4 is 5.73 Å². The molecule has 0 bridgehead atoms. The zero-order valence-electron chi connectivity index (χ0n) is 9.96. The molecule has 2 N–H and O–H groups in total. The van der Waals surface area contributed by atoms with Crippen LogP contribution in [0.25, 0.3) is 0 Å². The summed E-state index contributed by atoms with van der Waals surface area (Å²) in [5, 5.41) is 0. The molecule has 1 aliphatic rings. The lowest BCUT2D eigenvalue weighted by Gasteiger charge is -2.15. The molecule has 1 aromatic rings. The van der Waals surface area contributed by atoms with Crippen molar-refractivity contribution in [3.05, 3.63) is 35.4 Å². The molecule has 94 valence electrons. The highest BCUT2D eigenvalue weighted by Crippen LogP contribution is 2.31. The Morgan fingerprint density at radius 3 is 2.65 bits per heavy atom. The van der Waals surface area contributed by atoms with Gasteiger partial charge in [-0.05, 0) is 37.0 Å². The van der Waals surface area contributed by atoms with Crippen molar-refractivity contribution in [2.24, 2.45) is 11.7 Å². The third kappa shape index (κ3) is 3.25. The Bertz CT molecular complexity index is 372. The van der Waals surface area contributed by atoms with Crippen molar-refractivity contribution in [3.63, 3.8) is 0 Å². The van der Waals surface area contributed by atoms with Crippen LogP contribution in [0, 0.1) is 17.6 Å². The highest BCUT2D eigenvalue weighted by atomic mass is 19.1. The second-order valence-electron chi connectivity index (χ2n) is 5.00. The number of rotatable bonds is 4. The van der Waals surface area contributed by atoms with E-state index < -0.39 is 11.6 Å². The summed E-state index contributed by atoms with van der Waals surface area (Å²) >= 11 is 0. The largest absolute Gasteiger partial charge is 0.324 e. The van der Waals surface area contributed by atoms with E-state index in [1.54, 1.807) is 0 Å². The Kier molecular flexibility index (Phi) is 4.11. The van der Waals surface area contributed by atoms with Crippen LogP contribution in [-0.4, -0.2) is 0 Å². The molecule has 0 amide bonds. The van der Waals surface area contributed by atoms with Gasteiger partial charge in [-0.25, -0.2) is 8.78 Å².